The van der Waals surface area contributed by atoms with Gasteiger partial charge in [0.2, 0.25) is 5.91 Å². The highest BCUT2D eigenvalue weighted by molar-refractivity contribution is 6.30. The average molecular weight is 460 g/mol. The van der Waals surface area contributed by atoms with Crippen molar-refractivity contribution < 1.29 is 9.53 Å². The van der Waals surface area contributed by atoms with E-state index in [1.165, 1.54) is 0 Å². The molecule has 5 rings (SSSR count). The number of aromatic nitrogens is 4. The summed E-state index contributed by atoms with van der Waals surface area (Å²) in [6.07, 6.45) is 0.292. The Bertz CT molecular complexity index is 1340. The number of rotatable bonds is 4. The van der Waals surface area contributed by atoms with E-state index in [0.717, 1.165) is 39.5 Å². The molecule has 3 heterocycles. The van der Waals surface area contributed by atoms with Gasteiger partial charge >= 0.3 is 0 Å². The van der Waals surface area contributed by atoms with Crippen LogP contribution in [0.25, 0.3) is 17.2 Å². The minimum Gasteiger partial charge on any atom is -0.497 e. The lowest BCUT2D eigenvalue weighted by molar-refractivity contribution is -0.116. The lowest BCUT2D eigenvalue weighted by Gasteiger charge is -2.25. The Hall–Kier alpha value is -3.71. The van der Waals surface area contributed by atoms with Crippen molar-refractivity contribution in [2.75, 3.05) is 12.4 Å². The van der Waals surface area contributed by atoms with Crippen LogP contribution in [0, 0.1) is 13.8 Å². The van der Waals surface area contributed by atoms with Gasteiger partial charge in [0, 0.05) is 39.9 Å². The summed E-state index contributed by atoms with van der Waals surface area (Å²) in [6, 6.07) is 17.2. The van der Waals surface area contributed by atoms with E-state index in [4.69, 9.17) is 21.4 Å². The molecule has 8 heteroatoms. The molecule has 1 unspecified atom stereocenters. The third-order valence-electron chi connectivity index (χ3n) is 5.69. The van der Waals surface area contributed by atoms with Crippen molar-refractivity contribution >= 4 is 23.3 Å². The molecule has 0 bridgehead atoms. The van der Waals surface area contributed by atoms with Crippen molar-refractivity contribution in [3.63, 3.8) is 0 Å². The number of carbonyl (C=O) groups is 1. The Labute approximate surface area is 196 Å². The van der Waals surface area contributed by atoms with E-state index >= 15 is 0 Å². The molecule has 1 amide bonds. The first-order chi connectivity index (χ1) is 15.9. The topological polar surface area (TPSA) is 81.9 Å². The summed E-state index contributed by atoms with van der Waals surface area (Å²) in [5.41, 5.74) is 5.16. The molecule has 4 aromatic rings. The zero-order valence-electron chi connectivity index (χ0n) is 18.5. The second kappa shape index (κ2) is 8.33. The molecular weight excluding hydrogens is 438 g/mol. The van der Waals surface area contributed by atoms with Gasteiger partial charge in [-0.1, -0.05) is 35.9 Å². The van der Waals surface area contributed by atoms with Gasteiger partial charge in [-0.05, 0) is 49.7 Å². The highest BCUT2D eigenvalue weighted by Crippen LogP contribution is 2.44. The van der Waals surface area contributed by atoms with Crippen LogP contribution in [0.4, 0.5) is 5.82 Å². The van der Waals surface area contributed by atoms with E-state index in [-0.39, 0.29) is 11.8 Å². The number of benzene rings is 2. The third kappa shape index (κ3) is 3.96. The summed E-state index contributed by atoms with van der Waals surface area (Å²) < 4.78 is 7.06. The number of aryl methyl sites for hydroxylation is 2. The molecule has 0 radical (unpaired) electrons. The number of carbonyl (C=O) groups excluding carboxylic acids is 1. The van der Waals surface area contributed by atoms with Crippen LogP contribution in [-0.2, 0) is 4.79 Å². The van der Waals surface area contributed by atoms with Crippen LogP contribution in [0.5, 0.6) is 5.75 Å². The molecule has 166 valence electrons. The lowest BCUT2D eigenvalue weighted by atomic mass is 9.84. The van der Waals surface area contributed by atoms with Crippen molar-refractivity contribution in [2.45, 2.75) is 26.2 Å². The number of nitrogens with zero attached hydrogens (tertiary/aromatic N) is 4. The normalized spacial score (nSPS) is 15.2. The Morgan fingerprint density at radius 2 is 1.79 bits per heavy atom. The zero-order valence-corrected chi connectivity index (χ0v) is 19.2. The summed E-state index contributed by atoms with van der Waals surface area (Å²) in [7, 11) is 1.63. The van der Waals surface area contributed by atoms with Crippen LogP contribution in [0.2, 0.25) is 5.02 Å². The Morgan fingerprint density at radius 1 is 1.06 bits per heavy atom. The summed E-state index contributed by atoms with van der Waals surface area (Å²) in [5.74, 6) is 1.42. The molecule has 7 nitrogen and oxygen atoms in total. The fraction of sp³-hybridized carbons (Fsp3) is 0.200. The fourth-order valence-electron chi connectivity index (χ4n) is 4.26. The molecule has 0 saturated heterocycles. The molecule has 0 spiro atoms. The summed E-state index contributed by atoms with van der Waals surface area (Å²) in [4.78, 5) is 22.0. The number of hydrogen-bond acceptors (Lipinski definition) is 5. The zero-order chi connectivity index (χ0) is 23.1. The van der Waals surface area contributed by atoms with Crippen molar-refractivity contribution in [1.82, 2.24) is 19.7 Å². The monoisotopic (exact) mass is 459 g/mol. The minimum atomic E-state index is -0.214. The summed E-state index contributed by atoms with van der Waals surface area (Å²) >= 11 is 6.14. The number of fused-ring (bicyclic) bond motifs is 1. The van der Waals surface area contributed by atoms with E-state index in [9.17, 15) is 4.79 Å². The van der Waals surface area contributed by atoms with Crippen LogP contribution >= 0.6 is 11.6 Å². The predicted molar refractivity (Wildman–Crippen MR) is 127 cm³/mol. The number of hydrogen-bond donors (Lipinski definition) is 1. The van der Waals surface area contributed by atoms with Crippen LogP contribution in [0.15, 0.2) is 54.6 Å². The van der Waals surface area contributed by atoms with E-state index in [1.807, 2.05) is 68.4 Å². The fourth-order valence-corrected chi connectivity index (χ4v) is 4.39. The SMILES string of the molecule is COc1cccc(C2CC(=O)Nc3c2c(-c2ccc(Cl)cc2)nn3-c2nc(C)cc(C)n2)c1. The first-order valence-electron chi connectivity index (χ1n) is 10.6. The maximum atomic E-state index is 12.8. The predicted octanol–water partition coefficient (Wildman–Crippen LogP) is 5.08. The van der Waals surface area contributed by atoms with Crippen molar-refractivity contribution in [3.05, 3.63) is 82.1 Å². The summed E-state index contributed by atoms with van der Waals surface area (Å²) in [6.45, 7) is 3.82. The number of methoxy groups -OCH3 is 1. The van der Waals surface area contributed by atoms with Crippen LogP contribution in [0.1, 0.15) is 34.9 Å². The van der Waals surface area contributed by atoms with Crippen molar-refractivity contribution in [2.24, 2.45) is 0 Å². The number of nitrogens with one attached hydrogen (secondary N) is 1. The number of ether oxygens (including phenoxy) is 1. The molecule has 1 N–H and O–H groups in total. The van der Waals surface area contributed by atoms with Gasteiger partial charge in [0.25, 0.3) is 5.95 Å². The Balaban J connectivity index is 1.78. The number of halogens is 1. The molecule has 0 saturated carbocycles. The third-order valence-corrected chi connectivity index (χ3v) is 5.94. The first kappa shape index (κ1) is 21.2. The molecule has 1 atom stereocenters. The second-order valence-corrected chi connectivity index (χ2v) is 8.50. The Kier molecular flexibility index (Phi) is 5.34. The van der Waals surface area contributed by atoms with Gasteiger partial charge in [-0.25, -0.2) is 9.97 Å². The first-order valence-corrected chi connectivity index (χ1v) is 11.0. The molecule has 1 aliphatic rings. The molecule has 2 aromatic carbocycles. The molecular formula is C25H22ClN5O2. The summed E-state index contributed by atoms with van der Waals surface area (Å²) in [5, 5.41) is 8.56. The van der Waals surface area contributed by atoms with Gasteiger partial charge in [0.15, 0.2) is 0 Å². The molecule has 33 heavy (non-hydrogen) atoms. The highest BCUT2D eigenvalue weighted by atomic mass is 35.5. The average Bonchev–Trinajstić information content (AvgIpc) is 3.18. The largest absolute Gasteiger partial charge is 0.497 e. The number of amides is 1. The van der Waals surface area contributed by atoms with E-state index in [1.54, 1.807) is 11.8 Å². The van der Waals surface area contributed by atoms with Crippen LogP contribution < -0.4 is 10.1 Å². The molecule has 0 fully saturated rings. The number of anilines is 1. The second-order valence-electron chi connectivity index (χ2n) is 8.06. The van der Waals surface area contributed by atoms with Crippen molar-refractivity contribution in [1.29, 1.82) is 0 Å². The Morgan fingerprint density at radius 3 is 2.48 bits per heavy atom. The van der Waals surface area contributed by atoms with Gasteiger partial charge < -0.3 is 10.1 Å². The molecule has 2 aromatic heterocycles. The standard InChI is InChI=1S/C25H22ClN5O2/c1-14-11-15(2)28-25(27-14)31-24-22(23(30-31)16-7-9-18(26)10-8-16)20(13-21(32)29-24)17-5-4-6-19(12-17)33-3/h4-12,20H,13H2,1-3H3,(H,29,32). The maximum absolute atomic E-state index is 12.8. The van der Waals surface area contributed by atoms with E-state index in [2.05, 4.69) is 15.3 Å². The van der Waals surface area contributed by atoms with Crippen LogP contribution in [0.3, 0.4) is 0 Å². The maximum Gasteiger partial charge on any atom is 0.252 e. The van der Waals surface area contributed by atoms with E-state index < -0.39 is 0 Å². The minimum absolute atomic E-state index is 0.0940. The highest BCUT2D eigenvalue weighted by Gasteiger charge is 2.35. The van der Waals surface area contributed by atoms with E-state index in [0.29, 0.717) is 23.2 Å². The van der Waals surface area contributed by atoms with Gasteiger partial charge in [-0.3, -0.25) is 4.79 Å². The van der Waals surface area contributed by atoms with Gasteiger partial charge in [-0.15, -0.1) is 0 Å². The lowest BCUT2D eigenvalue weighted by Crippen LogP contribution is -2.25. The van der Waals surface area contributed by atoms with Crippen molar-refractivity contribution in [3.8, 4) is 23.0 Å². The van der Waals surface area contributed by atoms with Gasteiger partial charge in [0.1, 0.15) is 11.6 Å². The van der Waals surface area contributed by atoms with Crippen LogP contribution in [-0.4, -0.2) is 32.8 Å². The van der Waals surface area contributed by atoms with Gasteiger partial charge in [-0.2, -0.15) is 9.78 Å². The molecule has 0 aliphatic carbocycles. The quantitative estimate of drug-likeness (QED) is 0.460. The van der Waals surface area contributed by atoms with Gasteiger partial charge in [0.05, 0.1) is 12.8 Å². The smallest absolute Gasteiger partial charge is 0.252 e. The molecule has 1 aliphatic heterocycles.